The first-order valence-electron chi connectivity index (χ1n) is 5.52. The summed E-state index contributed by atoms with van der Waals surface area (Å²) in [7, 11) is 0. The van der Waals surface area contributed by atoms with Crippen molar-refractivity contribution in [1.82, 2.24) is 0 Å². The van der Waals surface area contributed by atoms with E-state index in [9.17, 15) is 4.79 Å². The zero-order valence-corrected chi connectivity index (χ0v) is 9.64. The summed E-state index contributed by atoms with van der Waals surface area (Å²) in [5, 5.41) is 0. The zero-order valence-electron chi connectivity index (χ0n) is 9.64. The highest BCUT2D eigenvalue weighted by molar-refractivity contribution is 5.70. The second-order valence-corrected chi connectivity index (χ2v) is 3.65. The maximum absolute atomic E-state index is 11.1. The number of esters is 1. The van der Waals surface area contributed by atoms with E-state index in [1.54, 1.807) is 0 Å². The molecule has 0 aromatic heterocycles. The molecule has 0 radical (unpaired) electrons. The minimum absolute atomic E-state index is 0.150. The summed E-state index contributed by atoms with van der Waals surface area (Å²) in [4.78, 5) is 11.1. The van der Waals surface area contributed by atoms with Gasteiger partial charge in [0.15, 0.2) is 0 Å². The van der Waals surface area contributed by atoms with Gasteiger partial charge in [-0.15, -0.1) is 0 Å². The standard InChI is InChI=1S/C12H22O2/c1-5-8-12(13)14-10(4)9-11(6-2)7-3/h11H,4-9H2,1-3H3. The van der Waals surface area contributed by atoms with Gasteiger partial charge in [0.1, 0.15) is 5.76 Å². The number of ether oxygens (including phenoxy) is 1. The van der Waals surface area contributed by atoms with Crippen molar-refractivity contribution in [2.24, 2.45) is 5.92 Å². The minimum Gasteiger partial charge on any atom is -0.432 e. The first kappa shape index (κ1) is 13.2. The average Bonchev–Trinajstić information content (AvgIpc) is 2.14. The van der Waals surface area contributed by atoms with Crippen molar-refractivity contribution in [2.45, 2.75) is 52.9 Å². The molecule has 0 amide bonds. The summed E-state index contributed by atoms with van der Waals surface area (Å²) < 4.78 is 5.09. The maximum atomic E-state index is 11.1. The summed E-state index contributed by atoms with van der Waals surface area (Å²) >= 11 is 0. The summed E-state index contributed by atoms with van der Waals surface area (Å²) in [5.74, 6) is 1.07. The van der Waals surface area contributed by atoms with Crippen LogP contribution >= 0.6 is 0 Å². The third kappa shape index (κ3) is 5.79. The molecule has 0 aliphatic carbocycles. The lowest BCUT2D eigenvalue weighted by atomic mass is 9.99. The Morgan fingerprint density at radius 1 is 1.29 bits per heavy atom. The molecule has 2 nitrogen and oxygen atoms in total. The van der Waals surface area contributed by atoms with Gasteiger partial charge in [-0.25, -0.2) is 0 Å². The first-order chi connectivity index (χ1) is 6.63. The number of carbonyl (C=O) groups is 1. The number of rotatable bonds is 7. The highest BCUT2D eigenvalue weighted by atomic mass is 16.5. The molecule has 0 bridgehead atoms. The lowest BCUT2D eigenvalue weighted by Gasteiger charge is -2.13. The smallest absolute Gasteiger partial charge is 0.310 e. The average molecular weight is 198 g/mol. The molecule has 0 aromatic rings. The number of carbonyl (C=O) groups excluding carboxylic acids is 1. The van der Waals surface area contributed by atoms with Crippen LogP contribution in [-0.2, 0) is 9.53 Å². The molecule has 0 spiro atoms. The van der Waals surface area contributed by atoms with Crippen molar-refractivity contribution in [3.8, 4) is 0 Å². The normalized spacial score (nSPS) is 10.3. The first-order valence-corrected chi connectivity index (χ1v) is 5.52. The van der Waals surface area contributed by atoms with Gasteiger partial charge in [0, 0.05) is 12.8 Å². The minimum atomic E-state index is -0.150. The van der Waals surface area contributed by atoms with Crippen LogP contribution in [0.15, 0.2) is 12.3 Å². The van der Waals surface area contributed by atoms with Crippen molar-refractivity contribution in [3.63, 3.8) is 0 Å². The largest absolute Gasteiger partial charge is 0.432 e. The molecule has 0 aliphatic heterocycles. The fraction of sp³-hybridized carbons (Fsp3) is 0.750. The van der Waals surface area contributed by atoms with Gasteiger partial charge in [0.05, 0.1) is 0 Å². The molecule has 2 heteroatoms. The highest BCUT2D eigenvalue weighted by Gasteiger charge is 2.09. The molecule has 0 atom stereocenters. The van der Waals surface area contributed by atoms with E-state index in [0.29, 0.717) is 18.1 Å². The molecule has 0 saturated heterocycles. The van der Waals surface area contributed by atoms with E-state index in [1.165, 1.54) is 0 Å². The fourth-order valence-electron chi connectivity index (χ4n) is 1.36. The van der Waals surface area contributed by atoms with Crippen LogP contribution in [0.5, 0.6) is 0 Å². The molecule has 0 aliphatic rings. The molecule has 14 heavy (non-hydrogen) atoms. The van der Waals surface area contributed by atoms with Gasteiger partial charge in [0.2, 0.25) is 0 Å². The van der Waals surface area contributed by atoms with Crippen LogP contribution in [0.2, 0.25) is 0 Å². The summed E-state index contributed by atoms with van der Waals surface area (Å²) in [6.07, 6.45) is 4.35. The quantitative estimate of drug-likeness (QED) is 0.461. The van der Waals surface area contributed by atoms with E-state index < -0.39 is 0 Å². The molecule has 0 unspecified atom stereocenters. The third-order valence-corrected chi connectivity index (χ3v) is 2.38. The molecule has 82 valence electrons. The van der Waals surface area contributed by atoms with Crippen LogP contribution < -0.4 is 0 Å². The lowest BCUT2D eigenvalue weighted by Crippen LogP contribution is -2.06. The van der Waals surface area contributed by atoms with Crippen LogP contribution in [0.4, 0.5) is 0 Å². The van der Waals surface area contributed by atoms with Crippen LogP contribution in [0.3, 0.4) is 0 Å². The van der Waals surface area contributed by atoms with Crippen LogP contribution in [0.1, 0.15) is 52.9 Å². The molecular formula is C12H22O2. The van der Waals surface area contributed by atoms with Gasteiger partial charge in [-0.3, -0.25) is 4.79 Å². The predicted molar refractivity (Wildman–Crippen MR) is 58.8 cm³/mol. The van der Waals surface area contributed by atoms with E-state index in [-0.39, 0.29) is 5.97 Å². The predicted octanol–water partition coefficient (Wildman–Crippen LogP) is 3.67. The second-order valence-electron chi connectivity index (χ2n) is 3.65. The Morgan fingerprint density at radius 2 is 1.86 bits per heavy atom. The Kier molecular flexibility index (Phi) is 7.17. The fourth-order valence-corrected chi connectivity index (χ4v) is 1.36. The van der Waals surface area contributed by atoms with E-state index in [2.05, 4.69) is 20.4 Å². The van der Waals surface area contributed by atoms with Crippen LogP contribution in [0.25, 0.3) is 0 Å². The SMILES string of the molecule is C=C(CC(CC)CC)OC(=O)CCC. The van der Waals surface area contributed by atoms with Crippen LogP contribution in [-0.4, -0.2) is 5.97 Å². The topological polar surface area (TPSA) is 26.3 Å². The monoisotopic (exact) mass is 198 g/mol. The molecular weight excluding hydrogens is 176 g/mol. The van der Waals surface area contributed by atoms with E-state index in [4.69, 9.17) is 4.74 Å². The number of hydrogen-bond acceptors (Lipinski definition) is 2. The lowest BCUT2D eigenvalue weighted by molar-refractivity contribution is -0.139. The maximum Gasteiger partial charge on any atom is 0.310 e. The Bertz CT molecular complexity index is 181. The highest BCUT2D eigenvalue weighted by Crippen LogP contribution is 2.18. The molecule has 0 saturated carbocycles. The number of hydrogen-bond donors (Lipinski definition) is 0. The van der Waals surface area contributed by atoms with Gasteiger partial charge in [0.25, 0.3) is 0 Å². The molecule has 0 rings (SSSR count). The van der Waals surface area contributed by atoms with Crippen molar-refractivity contribution in [2.75, 3.05) is 0 Å². The van der Waals surface area contributed by atoms with Gasteiger partial charge < -0.3 is 4.74 Å². The Labute approximate surface area is 87.3 Å². The molecule has 0 fully saturated rings. The van der Waals surface area contributed by atoms with Gasteiger partial charge in [-0.2, -0.15) is 0 Å². The zero-order chi connectivity index (χ0) is 11.0. The van der Waals surface area contributed by atoms with Crippen molar-refractivity contribution < 1.29 is 9.53 Å². The Balaban J connectivity index is 3.79. The Morgan fingerprint density at radius 3 is 2.29 bits per heavy atom. The number of allylic oxidation sites excluding steroid dienone is 1. The summed E-state index contributed by atoms with van der Waals surface area (Å²) in [6.45, 7) is 10.0. The van der Waals surface area contributed by atoms with E-state index in [1.807, 2.05) is 6.92 Å². The summed E-state index contributed by atoms with van der Waals surface area (Å²) in [5.41, 5.74) is 0. The van der Waals surface area contributed by atoms with Crippen molar-refractivity contribution in [3.05, 3.63) is 12.3 Å². The molecule has 0 heterocycles. The second kappa shape index (κ2) is 7.60. The van der Waals surface area contributed by atoms with Crippen LogP contribution in [0, 0.1) is 5.92 Å². The van der Waals surface area contributed by atoms with E-state index in [0.717, 1.165) is 25.7 Å². The summed E-state index contributed by atoms with van der Waals surface area (Å²) in [6, 6.07) is 0. The van der Waals surface area contributed by atoms with E-state index >= 15 is 0 Å². The Hall–Kier alpha value is -0.790. The third-order valence-electron chi connectivity index (χ3n) is 2.38. The van der Waals surface area contributed by atoms with Gasteiger partial charge in [-0.1, -0.05) is 40.2 Å². The van der Waals surface area contributed by atoms with Crippen molar-refractivity contribution in [1.29, 1.82) is 0 Å². The molecule has 0 N–H and O–H groups in total. The van der Waals surface area contributed by atoms with Crippen molar-refractivity contribution >= 4 is 5.97 Å². The van der Waals surface area contributed by atoms with Gasteiger partial charge >= 0.3 is 5.97 Å². The molecule has 0 aromatic carbocycles. The van der Waals surface area contributed by atoms with Gasteiger partial charge in [-0.05, 0) is 12.3 Å².